The molecule has 1 aliphatic carbocycles. The number of nitrogens with one attached hydrogen (secondary N) is 1. The zero-order valence-corrected chi connectivity index (χ0v) is 15.7. The molecular formula is C15H20ClF4N3O2S. The van der Waals surface area contributed by atoms with Crippen LogP contribution in [0.5, 0.6) is 0 Å². The first-order valence-electron chi connectivity index (χ1n) is 7.82. The Balaban J connectivity index is 2.26. The predicted octanol–water partition coefficient (Wildman–Crippen LogP) is 3.20. The van der Waals surface area contributed by atoms with Crippen LogP contribution in [-0.4, -0.2) is 45.7 Å². The minimum absolute atomic E-state index is 0.0547. The van der Waals surface area contributed by atoms with Crippen molar-refractivity contribution in [2.45, 2.75) is 42.4 Å². The smallest absolute Gasteiger partial charge is 0.379 e. The van der Waals surface area contributed by atoms with Gasteiger partial charge in [-0.05, 0) is 45.5 Å². The van der Waals surface area contributed by atoms with Gasteiger partial charge >= 0.3 is 6.18 Å². The van der Waals surface area contributed by atoms with Crippen molar-refractivity contribution in [3.63, 3.8) is 0 Å². The first kappa shape index (κ1) is 21.2. The zero-order valence-electron chi connectivity index (χ0n) is 14.1. The van der Waals surface area contributed by atoms with E-state index in [2.05, 4.69) is 5.32 Å². The molecule has 5 nitrogen and oxygen atoms in total. The highest BCUT2D eigenvalue weighted by Gasteiger charge is 2.45. The highest BCUT2D eigenvalue weighted by Crippen LogP contribution is 2.40. The maximum atomic E-state index is 14.0. The summed E-state index contributed by atoms with van der Waals surface area (Å²) in [5.74, 6) is -2.48. The monoisotopic (exact) mass is 417 g/mol. The van der Waals surface area contributed by atoms with E-state index in [4.69, 9.17) is 16.7 Å². The van der Waals surface area contributed by atoms with Gasteiger partial charge in [0.1, 0.15) is 10.7 Å². The number of rotatable bonds is 4. The van der Waals surface area contributed by atoms with Crippen molar-refractivity contribution in [3.05, 3.63) is 23.0 Å². The summed E-state index contributed by atoms with van der Waals surface area (Å²) in [6.45, 7) is 0. The van der Waals surface area contributed by atoms with Gasteiger partial charge in [-0.1, -0.05) is 11.6 Å². The van der Waals surface area contributed by atoms with Gasteiger partial charge in [0, 0.05) is 12.1 Å². The van der Waals surface area contributed by atoms with Gasteiger partial charge in [0.25, 0.3) is 0 Å². The molecule has 0 aliphatic heterocycles. The van der Waals surface area contributed by atoms with Gasteiger partial charge in [-0.25, -0.2) is 17.9 Å². The van der Waals surface area contributed by atoms with E-state index in [0.717, 1.165) is 12.1 Å². The largest absolute Gasteiger partial charge is 0.391 e. The standard InChI is InChI=1S/C15H20ClF4N3O2S/c1-23(2)13-5-8(15(18,19)20)3-4-11(13)22-12-7-10(17)14(6-9(12)16)26(21,24)25/h6-8,11,13,22H,3-5H2,1-2H3,(H2,21,24,25)/t8-,11-,13-/m0/s1. The van der Waals surface area contributed by atoms with Crippen LogP contribution in [0.4, 0.5) is 23.2 Å². The normalized spacial score (nSPS) is 24.7. The van der Waals surface area contributed by atoms with E-state index in [1.807, 2.05) is 0 Å². The molecule has 26 heavy (non-hydrogen) atoms. The number of halogens is 5. The molecule has 1 fully saturated rings. The Morgan fingerprint density at radius 2 is 1.88 bits per heavy atom. The molecule has 0 radical (unpaired) electrons. The minimum atomic E-state index is -4.27. The van der Waals surface area contributed by atoms with E-state index in [0.29, 0.717) is 0 Å². The molecule has 1 saturated carbocycles. The van der Waals surface area contributed by atoms with Crippen LogP contribution in [0.2, 0.25) is 5.02 Å². The van der Waals surface area contributed by atoms with Crippen molar-refractivity contribution in [1.82, 2.24) is 4.90 Å². The summed E-state index contributed by atoms with van der Waals surface area (Å²) in [5.41, 5.74) is 0.110. The van der Waals surface area contributed by atoms with Gasteiger partial charge < -0.3 is 10.2 Å². The lowest BCUT2D eigenvalue weighted by molar-refractivity contribution is -0.186. The third kappa shape index (κ3) is 4.79. The number of likely N-dealkylation sites (N-methyl/N-ethyl adjacent to an activating group) is 1. The first-order chi connectivity index (χ1) is 11.8. The molecule has 11 heteroatoms. The van der Waals surface area contributed by atoms with Crippen LogP contribution >= 0.6 is 11.6 Å². The van der Waals surface area contributed by atoms with Crippen LogP contribution in [0, 0.1) is 11.7 Å². The second-order valence-electron chi connectivity index (χ2n) is 6.64. The highest BCUT2D eigenvalue weighted by molar-refractivity contribution is 7.89. The summed E-state index contributed by atoms with van der Waals surface area (Å²) in [4.78, 5) is 0.941. The van der Waals surface area contributed by atoms with Crippen molar-refractivity contribution in [2.75, 3.05) is 19.4 Å². The lowest BCUT2D eigenvalue weighted by Crippen LogP contribution is -2.49. The fourth-order valence-electron chi connectivity index (χ4n) is 3.24. The fraction of sp³-hybridized carbons (Fsp3) is 0.600. The molecular weight excluding hydrogens is 398 g/mol. The molecule has 3 atom stereocenters. The fourth-order valence-corrected chi connectivity index (χ4v) is 4.14. The van der Waals surface area contributed by atoms with Crippen molar-refractivity contribution in [3.8, 4) is 0 Å². The number of nitrogens with two attached hydrogens (primary N) is 1. The molecule has 0 unspecified atom stereocenters. The molecule has 0 bridgehead atoms. The SMILES string of the molecule is CN(C)[C@H]1C[C@@H](C(F)(F)F)CC[C@@H]1Nc1cc(F)c(S(N)(=O)=O)cc1Cl. The van der Waals surface area contributed by atoms with Crippen LogP contribution < -0.4 is 10.5 Å². The van der Waals surface area contributed by atoms with E-state index in [1.54, 1.807) is 19.0 Å². The lowest BCUT2D eigenvalue weighted by Gasteiger charge is -2.41. The summed E-state index contributed by atoms with van der Waals surface area (Å²) >= 11 is 6.01. The summed E-state index contributed by atoms with van der Waals surface area (Å²) in [6.07, 6.45) is -4.20. The van der Waals surface area contributed by atoms with Crippen LogP contribution in [0.1, 0.15) is 19.3 Å². The summed E-state index contributed by atoms with van der Waals surface area (Å²) < 4.78 is 75.8. The number of nitrogens with zero attached hydrogens (tertiary/aromatic N) is 1. The molecule has 148 valence electrons. The Labute approximate surface area is 154 Å². The molecule has 1 aromatic carbocycles. The topological polar surface area (TPSA) is 75.4 Å². The van der Waals surface area contributed by atoms with Gasteiger partial charge in [0.05, 0.1) is 16.6 Å². The van der Waals surface area contributed by atoms with E-state index in [9.17, 15) is 26.0 Å². The molecule has 0 spiro atoms. The number of benzene rings is 1. The van der Waals surface area contributed by atoms with E-state index >= 15 is 0 Å². The maximum Gasteiger partial charge on any atom is 0.391 e. The van der Waals surface area contributed by atoms with Crippen molar-refractivity contribution in [2.24, 2.45) is 11.1 Å². The number of hydrogen-bond acceptors (Lipinski definition) is 4. The molecule has 0 heterocycles. The Morgan fingerprint density at radius 3 is 2.38 bits per heavy atom. The average Bonchev–Trinajstić information content (AvgIpc) is 2.48. The summed E-state index contributed by atoms with van der Waals surface area (Å²) in [7, 11) is -0.932. The Bertz CT molecular complexity index is 771. The molecule has 0 amide bonds. The van der Waals surface area contributed by atoms with E-state index in [1.165, 1.54) is 0 Å². The third-order valence-electron chi connectivity index (χ3n) is 4.61. The van der Waals surface area contributed by atoms with Gasteiger partial charge in [0.15, 0.2) is 0 Å². The molecule has 2 rings (SSSR count). The Hall–Kier alpha value is -1.10. The molecule has 3 N–H and O–H groups in total. The van der Waals surface area contributed by atoms with E-state index < -0.39 is 44.9 Å². The quantitative estimate of drug-likeness (QED) is 0.738. The zero-order chi connectivity index (χ0) is 19.9. The third-order valence-corrected chi connectivity index (χ3v) is 5.85. The van der Waals surface area contributed by atoms with Gasteiger partial charge in [0.2, 0.25) is 10.0 Å². The lowest BCUT2D eigenvalue weighted by atomic mass is 9.81. The van der Waals surface area contributed by atoms with Crippen molar-refractivity contribution >= 4 is 27.3 Å². The minimum Gasteiger partial charge on any atom is -0.379 e. The Kier molecular flexibility index (Phi) is 6.11. The second-order valence-corrected chi connectivity index (χ2v) is 8.58. The summed E-state index contributed by atoms with van der Waals surface area (Å²) in [5, 5.41) is 7.80. The van der Waals surface area contributed by atoms with Crippen LogP contribution in [-0.2, 0) is 10.0 Å². The number of alkyl halides is 3. The number of anilines is 1. The maximum absolute atomic E-state index is 14.0. The van der Waals surface area contributed by atoms with Gasteiger partial charge in [-0.15, -0.1) is 0 Å². The average molecular weight is 418 g/mol. The Morgan fingerprint density at radius 1 is 1.27 bits per heavy atom. The molecule has 1 aliphatic rings. The van der Waals surface area contributed by atoms with Gasteiger partial charge in [-0.3, -0.25) is 0 Å². The van der Waals surface area contributed by atoms with Crippen molar-refractivity contribution < 1.29 is 26.0 Å². The van der Waals surface area contributed by atoms with E-state index in [-0.39, 0.29) is 30.0 Å². The number of hydrogen-bond donors (Lipinski definition) is 2. The molecule has 0 aromatic heterocycles. The van der Waals surface area contributed by atoms with Gasteiger partial charge in [-0.2, -0.15) is 13.2 Å². The molecule has 1 aromatic rings. The number of primary sulfonamides is 1. The van der Waals surface area contributed by atoms with Crippen molar-refractivity contribution in [1.29, 1.82) is 0 Å². The van der Waals surface area contributed by atoms with Crippen LogP contribution in [0.15, 0.2) is 17.0 Å². The molecule has 0 saturated heterocycles. The first-order valence-corrected chi connectivity index (χ1v) is 9.74. The highest BCUT2D eigenvalue weighted by atomic mass is 35.5. The number of sulfonamides is 1. The van der Waals surface area contributed by atoms with Crippen LogP contribution in [0.25, 0.3) is 0 Å². The summed E-state index contributed by atoms with van der Waals surface area (Å²) in [6, 6.07) is 0.929. The second kappa shape index (κ2) is 7.49. The van der Waals surface area contributed by atoms with Crippen LogP contribution in [0.3, 0.4) is 0 Å². The predicted molar refractivity (Wildman–Crippen MR) is 91.1 cm³/mol.